The lowest BCUT2D eigenvalue weighted by Crippen LogP contribution is -2.22. The van der Waals surface area contributed by atoms with Gasteiger partial charge in [0.1, 0.15) is 18.0 Å². The van der Waals surface area contributed by atoms with E-state index >= 15 is 0 Å². The van der Waals surface area contributed by atoms with Gasteiger partial charge < -0.3 is 15.8 Å². The summed E-state index contributed by atoms with van der Waals surface area (Å²) in [7, 11) is 0. The van der Waals surface area contributed by atoms with E-state index in [0.29, 0.717) is 24.3 Å². The van der Waals surface area contributed by atoms with Crippen molar-refractivity contribution in [3.63, 3.8) is 0 Å². The van der Waals surface area contributed by atoms with Gasteiger partial charge in [-0.25, -0.2) is 9.18 Å². The highest BCUT2D eigenvalue weighted by Crippen LogP contribution is 2.31. The van der Waals surface area contributed by atoms with Crippen molar-refractivity contribution >= 4 is 23.3 Å². The molecular formula is C12H14ClFN2O2. The number of hydrogen-bond acceptors (Lipinski definition) is 2. The Morgan fingerprint density at radius 1 is 1.50 bits per heavy atom. The second kappa shape index (κ2) is 5.44. The number of ether oxygens (including phenoxy) is 1. The maximum absolute atomic E-state index is 13.5. The normalized spacial score (nSPS) is 26.9. The van der Waals surface area contributed by atoms with Crippen molar-refractivity contribution < 1.29 is 13.9 Å². The van der Waals surface area contributed by atoms with Crippen LogP contribution < -0.4 is 15.8 Å². The lowest BCUT2D eigenvalue weighted by Gasteiger charge is -2.16. The van der Waals surface area contributed by atoms with E-state index in [1.165, 1.54) is 0 Å². The van der Waals surface area contributed by atoms with Crippen LogP contribution in [0, 0.1) is 0 Å². The molecule has 1 aromatic carbocycles. The van der Waals surface area contributed by atoms with Crippen molar-refractivity contribution in [2.45, 2.75) is 30.5 Å². The Hall–Kier alpha value is -1.49. The van der Waals surface area contributed by atoms with E-state index in [-0.39, 0.29) is 5.38 Å². The standard InChI is InChI=1S/C12H14ClFN2O2/c13-7-4-10(14)11(5-7)18-9-3-1-2-8(6-9)16-12(15)17/h1-3,6-7,10-11H,4-5H2,(H3,15,16,17). The molecule has 0 aliphatic heterocycles. The summed E-state index contributed by atoms with van der Waals surface area (Å²) >= 11 is 5.87. The number of carbonyl (C=O) groups excluding carboxylic acids is 1. The molecule has 1 aliphatic rings. The molecule has 4 nitrogen and oxygen atoms in total. The minimum atomic E-state index is -1.06. The molecule has 1 aliphatic carbocycles. The number of alkyl halides is 2. The highest BCUT2D eigenvalue weighted by molar-refractivity contribution is 6.20. The van der Waals surface area contributed by atoms with Crippen LogP contribution in [0.4, 0.5) is 14.9 Å². The van der Waals surface area contributed by atoms with Crippen molar-refractivity contribution in [3.05, 3.63) is 24.3 Å². The Kier molecular flexibility index (Phi) is 3.91. The molecule has 0 spiro atoms. The fraction of sp³-hybridized carbons (Fsp3) is 0.417. The highest BCUT2D eigenvalue weighted by atomic mass is 35.5. The number of hydrogen-bond donors (Lipinski definition) is 2. The summed E-state index contributed by atoms with van der Waals surface area (Å²) in [5.41, 5.74) is 5.52. The van der Waals surface area contributed by atoms with Gasteiger partial charge in [-0.05, 0) is 18.6 Å². The van der Waals surface area contributed by atoms with Crippen LogP contribution in [0.3, 0.4) is 0 Å². The Balaban J connectivity index is 2.03. The molecule has 1 fully saturated rings. The van der Waals surface area contributed by atoms with Gasteiger partial charge >= 0.3 is 6.03 Å². The fourth-order valence-corrected chi connectivity index (χ4v) is 2.32. The molecule has 0 bridgehead atoms. The Bertz CT molecular complexity index is 444. The van der Waals surface area contributed by atoms with Crippen molar-refractivity contribution in [1.29, 1.82) is 0 Å². The van der Waals surface area contributed by atoms with E-state index in [2.05, 4.69) is 5.32 Å². The van der Waals surface area contributed by atoms with Crippen molar-refractivity contribution in [3.8, 4) is 5.75 Å². The Morgan fingerprint density at radius 2 is 2.28 bits per heavy atom. The molecule has 1 saturated carbocycles. The van der Waals surface area contributed by atoms with Gasteiger partial charge in [-0.2, -0.15) is 0 Å². The van der Waals surface area contributed by atoms with Gasteiger partial charge in [0.05, 0.1) is 0 Å². The van der Waals surface area contributed by atoms with Gasteiger partial charge in [0.2, 0.25) is 0 Å². The minimum Gasteiger partial charge on any atom is -0.487 e. The number of benzene rings is 1. The molecule has 2 rings (SSSR count). The molecule has 3 atom stereocenters. The second-order valence-electron chi connectivity index (χ2n) is 4.26. The third-order valence-corrected chi connectivity index (χ3v) is 3.12. The summed E-state index contributed by atoms with van der Waals surface area (Å²) in [4.78, 5) is 10.7. The fourth-order valence-electron chi connectivity index (χ4n) is 1.98. The monoisotopic (exact) mass is 272 g/mol. The molecule has 0 aromatic heterocycles. The molecule has 1 aromatic rings. The smallest absolute Gasteiger partial charge is 0.316 e. The third kappa shape index (κ3) is 3.26. The molecule has 3 unspecified atom stereocenters. The van der Waals surface area contributed by atoms with Gasteiger partial charge in [0.15, 0.2) is 0 Å². The van der Waals surface area contributed by atoms with E-state index in [1.807, 2.05) is 0 Å². The maximum atomic E-state index is 13.5. The van der Waals surface area contributed by atoms with Crippen LogP contribution in [0.25, 0.3) is 0 Å². The van der Waals surface area contributed by atoms with Crippen LogP contribution in [-0.4, -0.2) is 23.7 Å². The molecule has 6 heteroatoms. The molecule has 0 heterocycles. The predicted molar refractivity (Wildman–Crippen MR) is 67.8 cm³/mol. The minimum absolute atomic E-state index is 0.183. The number of halogens is 2. The van der Waals surface area contributed by atoms with Gasteiger partial charge in [0.25, 0.3) is 0 Å². The summed E-state index contributed by atoms with van der Waals surface area (Å²) in [6, 6.07) is 6.00. The summed E-state index contributed by atoms with van der Waals surface area (Å²) in [6.45, 7) is 0. The molecule has 98 valence electrons. The van der Waals surface area contributed by atoms with Crippen molar-refractivity contribution in [2.24, 2.45) is 5.73 Å². The Morgan fingerprint density at radius 3 is 2.89 bits per heavy atom. The van der Waals surface area contributed by atoms with E-state index in [0.717, 1.165) is 0 Å². The van der Waals surface area contributed by atoms with Crippen molar-refractivity contribution in [1.82, 2.24) is 0 Å². The lowest BCUT2D eigenvalue weighted by atomic mass is 10.2. The van der Waals surface area contributed by atoms with Crippen molar-refractivity contribution in [2.75, 3.05) is 5.32 Å². The lowest BCUT2D eigenvalue weighted by molar-refractivity contribution is 0.125. The zero-order valence-corrected chi connectivity index (χ0v) is 10.4. The average Bonchev–Trinajstić information content (AvgIpc) is 2.57. The van der Waals surface area contributed by atoms with Crippen LogP contribution in [-0.2, 0) is 0 Å². The number of rotatable bonds is 3. The number of amides is 2. The summed E-state index contributed by atoms with van der Waals surface area (Å²) in [5.74, 6) is 0.486. The van der Waals surface area contributed by atoms with Gasteiger partial charge in [-0.15, -0.1) is 11.6 Å². The highest BCUT2D eigenvalue weighted by Gasteiger charge is 2.35. The zero-order chi connectivity index (χ0) is 13.1. The number of anilines is 1. The van der Waals surface area contributed by atoms with Crippen LogP contribution in [0.15, 0.2) is 24.3 Å². The van der Waals surface area contributed by atoms with E-state index in [4.69, 9.17) is 22.1 Å². The third-order valence-electron chi connectivity index (χ3n) is 2.76. The first kappa shape index (κ1) is 13.0. The van der Waals surface area contributed by atoms with Crippen LogP contribution in [0.1, 0.15) is 12.8 Å². The zero-order valence-electron chi connectivity index (χ0n) is 9.61. The number of nitrogens with two attached hydrogens (primary N) is 1. The number of carbonyl (C=O) groups is 1. The van der Waals surface area contributed by atoms with Gasteiger partial charge in [-0.1, -0.05) is 6.07 Å². The van der Waals surface area contributed by atoms with E-state index < -0.39 is 18.3 Å². The quantitative estimate of drug-likeness (QED) is 0.831. The Labute approximate surface area is 109 Å². The summed E-state index contributed by atoms with van der Waals surface area (Å²) in [6.07, 6.45) is -0.793. The maximum Gasteiger partial charge on any atom is 0.316 e. The topological polar surface area (TPSA) is 64.4 Å². The second-order valence-corrected chi connectivity index (χ2v) is 4.88. The molecule has 2 amide bonds. The first-order valence-corrected chi connectivity index (χ1v) is 6.09. The molecule has 3 N–H and O–H groups in total. The average molecular weight is 273 g/mol. The van der Waals surface area contributed by atoms with Crippen LogP contribution >= 0.6 is 11.6 Å². The largest absolute Gasteiger partial charge is 0.487 e. The van der Waals surface area contributed by atoms with E-state index in [1.54, 1.807) is 24.3 Å². The summed E-state index contributed by atoms with van der Waals surface area (Å²) < 4.78 is 19.1. The number of urea groups is 1. The first-order chi connectivity index (χ1) is 8.54. The number of nitrogens with one attached hydrogen (secondary N) is 1. The van der Waals surface area contributed by atoms with Crippen LogP contribution in [0.5, 0.6) is 5.75 Å². The molecule has 0 radical (unpaired) electrons. The molecule has 0 saturated heterocycles. The SMILES string of the molecule is NC(=O)Nc1cccc(OC2CC(Cl)CC2F)c1. The first-order valence-electron chi connectivity index (χ1n) is 5.66. The number of primary amides is 1. The summed E-state index contributed by atoms with van der Waals surface area (Å²) in [5, 5.41) is 2.25. The van der Waals surface area contributed by atoms with Crippen LogP contribution in [0.2, 0.25) is 0 Å². The molecular weight excluding hydrogens is 259 g/mol. The van der Waals surface area contributed by atoms with Gasteiger partial charge in [0, 0.05) is 23.6 Å². The van der Waals surface area contributed by atoms with E-state index in [9.17, 15) is 9.18 Å². The molecule has 18 heavy (non-hydrogen) atoms. The predicted octanol–water partition coefficient (Wildman–Crippen LogP) is 2.66. The van der Waals surface area contributed by atoms with Gasteiger partial charge in [-0.3, -0.25) is 0 Å².